The van der Waals surface area contributed by atoms with Crippen molar-refractivity contribution in [2.45, 2.75) is 83.7 Å². The highest BCUT2D eigenvalue weighted by molar-refractivity contribution is 7.92. The molecule has 0 spiro atoms. The molecule has 2 aromatic heterocycles. The molecule has 2 N–H and O–H groups in total. The van der Waals surface area contributed by atoms with Crippen molar-refractivity contribution in [3.63, 3.8) is 0 Å². The summed E-state index contributed by atoms with van der Waals surface area (Å²) < 4.78 is 26.4. The Kier molecular flexibility index (Phi) is 6.02. The van der Waals surface area contributed by atoms with Crippen LogP contribution in [0, 0.1) is 22.7 Å². The van der Waals surface area contributed by atoms with Gasteiger partial charge in [-0.1, -0.05) is 33.8 Å². The van der Waals surface area contributed by atoms with Crippen LogP contribution >= 0.6 is 0 Å². The van der Waals surface area contributed by atoms with Crippen LogP contribution in [-0.2, 0) is 9.84 Å². The first kappa shape index (κ1) is 26.1. The van der Waals surface area contributed by atoms with Crippen molar-refractivity contribution in [1.29, 1.82) is 0 Å². The van der Waals surface area contributed by atoms with Crippen LogP contribution in [0.25, 0.3) is 0 Å². The summed E-state index contributed by atoms with van der Waals surface area (Å²) in [6.45, 7) is 14.4. The Morgan fingerprint density at radius 2 is 1.92 bits per heavy atom. The lowest BCUT2D eigenvalue weighted by atomic mass is 9.65. The predicted octanol–water partition coefficient (Wildman–Crippen LogP) is 5.27. The lowest BCUT2D eigenvalue weighted by Gasteiger charge is -2.40. The molecule has 37 heavy (non-hydrogen) atoms. The maximum Gasteiger partial charge on any atom is 0.203 e. The van der Waals surface area contributed by atoms with E-state index in [1.165, 1.54) is 18.6 Å². The number of nitrogens with zero attached hydrogens (tertiary/aromatic N) is 3. The molecular formula is C29H40N4O3S. The van der Waals surface area contributed by atoms with Gasteiger partial charge in [0.15, 0.2) is 10.8 Å². The van der Waals surface area contributed by atoms with Crippen molar-refractivity contribution in [3.05, 3.63) is 41.6 Å². The number of anilines is 2. The molecule has 3 heterocycles. The fourth-order valence-electron chi connectivity index (χ4n) is 7.68. The summed E-state index contributed by atoms with van der Waals surface area (Å²) in [5, 5.41) is -0.177. The second-order valence-electron chi connectivity index (χ2n) is 13.1. The molecule has 200 valence electrons. The second-order valence-corrected chi connectivity index (χ2v) is 15.1. The van der Waals surface area contributed by atoms with E-state index in [-0.39, 0.29) is 27.2 Å². The van der Waals surface area contributed by atoms with Crippen LogP contribution in [0.2, 0.25) is 0 Å². The molecule has 1 saturated heterocycles. The van der Waals surface area contributed by atoms with Crippen LogP contribution in [0.3, 0.4) is 0 Å². The summed E-state index contributed by atoms with van der Waals surface area (Å²) in [6.07, 6.45) is 6.41. The van der Waals surface area contributed by atoms with Crippen LogP contribution in [0.4, 0.5) is 11.6 Å². The van der Waals surface area contributed by atoms with Gasteiger partial charge >= 0.3 is 0 Å². The molecule has 8 heteroatoms. The molecule has 2 bridgehead atoms. The lowest BCUT2D eigenvalue weighted by Crippen LogP contribution is -2.40. The van der Waals surface area contributed by atoms with E-state index in [4.69, 9.17) is 10.7 Å². The number of pyridine rings is 2. The Bertz CT molecular complexity index is 1350. The monoisotopic (exact) mass is 524 g/mol. The van der Waals surface area contributed by atoms with Crippen molar-refractivity contribution in [3.8, 4) is 0 Å². The first-order valence-electron chi connectivity index (χ1n) is 13.4. The van der Waals surface area contributed by atoms with Crippen LogP contribution in [0.15, 0.2) is 35.5 Å². The number of hydrogen-bond acceptors (Lipinski definition) is 7. The smallest absolute Gasteiger partial charge is 0.203 e. The first-order chi connectivity index (χ1) is 17.2. The van der Waals surface area contributed by atoms with Crippen LogP contribution < -0.4 is 10.6 Å². The molecule has 3 fully saturated rings. The van der Waals surface area contributed by atoms with Gasteiger partial charge in [0.1, 0.15) is 17.4 Å². The third-order valence-electron chi connectivity index (χ3n) is 10.1. The predicted molar refractivity (Wildman–Crippen MR) is 146 cm³/mol. The van der Waals surface area contributed by atoms with Gasteiger partial charge in [0, 0.05) is 18.3 Å². The highest BCUT2D eigenvalue weighted by atomic mass is 32.2. The van der Waals surface area contributed by atoms with E-state index in [0.717, 1.165) is 31.4 Å². The van der Waals surface area contributed by atoms with Gasteiger partial charge in [0.25, 0.3) is 0 Å². The van der Waals surface area contributed by atoms with Gasteiger partial charge in [0.2, 0.25) is 9.84 Å². The van der Waals surface area contributed by atoms with Gasteiger partial charge < -0.3 is 10.6 Å². The van der Waals surface area contributed by atoms with Crippen molar-refractivity contribution in [1.82, 2.24) is 9.97 Å². The maximum absolute atomic E-state index is 13.8. The zero-order chi connectivity index (χ0) is 27.0. The number of carbonyl (C=O) groups excluding carboxylic acids is 1. The van der Waals surface area contributed by atoms with Crippen molar-refractivity contribution in [2.24, 2.45) is 22.7 Å². The Morgan fingerprint density at radius 1 is 1.19 bits per heavy atom. The average Bonchev–Trinajstić information content (AvgIpc) is 3.29. The van der Waals surface area contributed by atoms with Crippen LogP contribution in [0.5, 0.6) is 0 Å². The molecule has 0 aromatic carbocycles. The molecule has 5 rings (SSSR count). The van der Waals surface area contributed by atoms with Gasteiger partial charge in [0.05, 0.1) is 5.56 Å². The lowest BCUT2D eigenvalue weighted by molar-refractivity contribution is 0.102. The largest absolute Gasteiger partial charge is 0.384 e. The Balaban J connectivity index is 1.57. The topological polar surface area (TPSA) is 106 Å². The van der Waals surface area contributed by atoms with E-state index < -0.39 is 21.4 Å². The number of carbonyl (C=O) groups is 1. The van der Waals surface area contributed by atoms with Crippen molar-refractivity contribution in [2.75, 3.05) is 22.9 Å². The number of ketones is 1. The highest BCUT2D eigenvalue weighted by Gasteiger charge is 2.61. The molecule has 2 aliphatic carbocycles. The Hall–Kier alpha value is -2.48. The SMILES string of the molecule is CC1CN(c2ncc(C3CC4CCC3(C)C4(C)C)cc2C(=O)CS(=O)(=O)c2cccc(N)n2)C(C)(C)C1. The summed E-state index contributed by atoms with van der Waals surface area (Å²) in [6, 6.07) is 6.41. The molecule has 4 atom stereocenters. The third-order valence-corrected chi connectivity index (χ3v) is 11.6. The van der Waals surface area contributed by atoms with E-state index >= 15 is 0 Å². The molecule has 3 aliphatic rings. The van der Waals surface area contributed by atoms with E-state index in [1.807, 2.05) is 12.3 Å². The fraction of sp³-hybridized carbons (Fsp3) is 0.621. The number of sulfone groups is 1. The standard InChI is InChI=1S/C29H40N4O3S/c1-18-14-27(2,3)33(16-18)26-21(23(34)17-37(35,36)25-9-7-8-24(30)32-25)12-19(15-31-26)22-13-20-10-11-29(22,6)28(20,4)5/h7-9,12,15,18,20,22H,10-11,13-14,16-17H2,1-6H3,(H2,30,32). The molecule has 1 aliphatic heterocycles. The summed E-state index contributed by atoms with van der Waals surface area (Å²) in [5.74, 6) is 0.981. The Morgan fingerprint density at radius 3 is 2.49 bits per heavy atom. The van der Waals surface area contributed by atoms with Gasteiger partial charge in [-0.25, -0.2) is 18.4 Å². The molecule has 0 amide bonds. The number of aromatic nitrogens is 2. The number of hydrogen-bond donors (Lipinski definition) is 1. The number of nitrogen functional groups attached to an aromatic ring is 1. The second kappa shape index (κ2) is 8.52. The van der Waals surface area contributed by atoms with E-state index in [1.54, 1.807) is 6.07 Å². The van der Waals surface area contributed by atoms with Gasteiger partial charge in [-0.05, 0) is 91.9 Å². The molecule has 2 aromatic rings. The summed E-state index contributed by atoms with van der Waals surface area (Å²) >= 11 is 0. The zero-order valence-electron chi connectivity index (χ0n) is 22.9. The normalized spacial score (nSPS) is 30.1. The highest BCUT2D eigenvalue weighted by Crippen LogP contribution is 2.70. The quantitative estimate of drug-likeness (QED) is 0.513. The minimum atomic E-state index is -3.97. The van der Waals surface area contributed by atoms with Crippen LogP contribution in [-0.4, -0.2) is 42.0 Å². The number of rotatable bonds is 6. The van der Waals surface area contributed by atoms with Gasteiger partial charge in [-0.3, -0.25) is 4.79 Å². The molecule has 0 radical (unpaired) electrons. The molecule has 4 unspecified atom stereocenters. The minimum Gasteiger partial charge on any atom is -0.384 e. The molecular weight excluding hydrogens is 484 g/mol. The van der Waals surface area contributed by atoms with E-state index in [2.05, 4.69) is 51.4 Å². The maximum atomic E-state index is 13.8. The minimum absolute atomic E-state index is 0.109. The average molecular weight is 525 g/mol. The fourth-order valence-corrected chi connectivity index (χ4v) is 8.86. The zero-order valence-corrected chi connectivity index (χ0v) is 23.7. The Labute approximate surface area is 221 Å². The number of nitrogens with two attached hydrogens (primary N) is 1. The summed E-state index contributed by atoms with van der Waals surface area (Å²) in [7, 11) is -3.97. The van der Waals surface area contributed by atoms with Crippen LogP contribution in [0.1, 0.15) is 89.1 Å². The van der Waals surface area contributed by atoms with Gasteiger partial charge in [-0.2, -0.15) is 0 Å². The molecule has 7 nitrogen and oxygen atoms in total. The third kappa shape index (κ3) is 4.16. The number of fused-ring (bicyclic) bond motifs is 2. The molecule has 2 saturated carbocycles. The number of Topliss-reactive ketones (excluding diaryl/α,β-unsaturated/α-hetero) is 1. The van der Waals surface area contributed by atoms with E-state index in [0.29, 0.717) is 29.1 Å². The summed E-state index contributed by atoms with van der Waals surface area (Å²) in [5.41, 5.74) is 7.33. The summed E-state index contributed by atoms with van der Waals surface area (Å²) in [4.78, 5) is 24.9. The first-order valence-corrected chi connectivity index (χ1v) is 15.1. The van der Waals surface area contributed by atoms with Crippen molar-refractivity contribution < 1.29 is 13.2 Å². The van der Waals surface area contributed by atoms with E-state index in [9.17, 15) is 13.2 Å². The van der Waals surface area contributed by atoms with Crippen molar-refractivity contribution >= 4 is 27.3 Å². The van der Waals surface area contributed by atoms with Gasteiger partial charge in [-0.15, -0.1) is 0 Å².